The number of hydrogen-bond acceptors (Lipinski definition) is 4. The van der Waals surface area contributed by atoms with Crippen LogP contribution in [0.25, 0.3) is 44.8 Å². The molecule has 4 N–H and O–H groups in total. The smallest absolute Gasteiger partial charge is 0.144 e. The molecule has 0 saturated heterocycles. The van der Waals surface area contributed by atoms with Crippen LogP contribution in [0, 0.1) is 23.4 Å². The van der Waals surface area contributed by atoms with Gasteiger partial charge in [0.25, 0.3) is 0 Å². The van der Waals surface area contributed by atoms with Gasteiger partial charge in [0.1, 0.15) is 28.8 Å². The van der Waals surface area contributed by atoms with E-state index in [9.17, 15) is 8.78 Å². The molecule has 1 saturated carbocycles. The molecule has 0 bridgehead atoms. The third-order valence-electron chi connectivity index (χ3n) is 7.43. The predicted molar refractivity (Wildman–Crippen MR) is 148 cm³/mol. The van der Waals surface area contributed by atoms with Gasteiger partial charge in [0.2, 0.25) is 0 Å². The van der Waals surface area contributed by atoms with Crippen LogP contribution >= 0.6 is 0 Å². The number of hydrogen-bond donors (Lipinski definition) is 3. The van der Waals surface area contributed by atoms with Gasteiger partial charge in [0.05, 0.1) is 5.56 Å². The molecule has 0 unspecified atom stereocenters. The molecule has 1 aromatic heterocycles. The van der Waals surface area contributed by atoms with Crippen molar-refractivity contribution in [3.05, 3.63) is 90.3 Å². The summed E-state index contributed by atoms with van der Waals surface area (Å²) in [4.78, 5) is 0. The second-order valence-electron chi connectivity index (χ2n) is 9.85. The topological polar surface area (TPSA) is 63.2 Å². The zero-order valence-electron chi connectivity index (χ0n) is 21.4. The molecule has 0 spiro atoms. The molecule has 1 aliphatic rings. The largest absolute Gasteiger partial charge is 0.455 e. The number of anilines is 1. The van der Waals surface area contributed by atoms with Gasteiger partial charge < -0.3 is 20.8 Å². The summed E-state index contributed by atoms with van der Waals surface area (Å²) in [5.41, 5.74) is 10.1. The summed E-state index contributed by atoms with van der Waals surface area (Å²) in [7, 11) is 1.73. The summed E-state index contributed by atoms with van der Waals surface area (Å²) in [6.45, 7) is 10.3. The van der Waals surface area contributed by atoms with Crippen molar-refractivity contribution in [1.82, 2.24) is 10.6 Å². The van der Waals surface area contributed by atoms with E-state index < -0.39 is 11.6 Å². The minimum atomic E-state index is -0.740. The first-order valence-electron chi connectivity index (χ1n) is 12.6. The quantitative estimate of drug-likeness (QED) is 0.210. The number of rotatable bonds is 8. The van der Waals surface area contributed by atoms with Crippen molar-refractivity contribution < 1.29 is 17.6 Å². The van der Waals surface area contributed by atoms with E-state index in [0.29, 0.717) is 50.7 Å². The number of benzene rings is 3. The molecule has 7 heteroatoms. The molecule has 5 rings (SSSR count). The molecular formula is C31H30F3N3O. The Morgan fingerprint density at radius 2 is 1.68 bits per heavy atom. The molecule has 38 heavy (non-hydrogen) atoms. The van der Waals surface area contributed by atoms with Crippen LogP contribution in [-0.2, 0) is 0 Å². The van der Waals surface area contributed by atoms with Gasteiger partial charge in [0.15, 0.2) is 0 Å². The molecular weight excluding hydrogens is 487 g/mol. The van der Waals surface area contributed by atoms with Crippen LogP contribution in [0.3, 0.4) is 0 Å². The van der Waals surface area contributed by atoms with Crippen molar-refractivity contribution in [2.24, 2.45) is 5.92 Å². The van der Waals surface area contributed by atoms with E-state index in [0.717, 1.165) is 25.3 Å². The van der Waals surface area contributed by atoms with E-state index >= 15 is 4.39 Å². The molecule has 4 aromatic rings. The van der Waals surface area contributed by atoms with Gasteiger partial charge in [0, 0.05) is 69.9 Å². The highest BCUT2D eigenvalue weighted by molar-refractivity contribution is 6.02. The standard InChI is InChI=1S/C31H30F3N3O/c1-5-18-10-21(11-18)37-16(2)22-12-23(27(34)14-26(22)33)24-13-25-29(15-28(24)35)38-31(30(25)17(3)36-4)19-6-8-20(32)9-7-19/h6-9,12-15,18,21,36-37H,2-3,5,10-11,35H2,1,4H3. The zero-order chi connectivity index (χ0) is 27.1. The molecule has 0 amide bonds. The molecule has 4 nitrogen and oxygen atoms in total. The lowest BCUT2D eigenvalue weighted by Crippen LogP contribution is -2.39. The van der Waals surface area contributed by atoms with Crippen molar-refractivity contribution in [3.63, 3.8) is 0 Å². The number of halogens is 3. The molecule has 1 fully saturated rings. The Balaban J connectivity index is 1.60. The average Bonchev–Trinajstić information content (AvgIpc) is 3.23. The molecule has 1 heterocycles. The molecule has 0 radical (unpaired) electrons. The monoisotopic (exact) mass is 517 g/mol. The second-order valence-corrected chi connectivity index (χ2v) is 9.85. The van der Waals surface area contributed by atoms with Gasteiger partial charge in [-0.1, -0.05) is 26.5 Å². The van der Waals surface area contributed by atoms with Gasteiger partial charge in [-0.25, -0.2) is 13.2 Å². The van der Waals surface area contributed by atoms with E-state index in [-0.39, 0.29) is 28.7 Å². The fraction of sp³-hybridized carbons (Fsp3) is 0.226. The maximum absolute atomic E-state index is 15.2. The Morgan fingerprint density at radius 3 is 2.34 bits per heavy atom. The zero-order valence-corrected chi connectivity index (χ0v) is 21.4. The van der Waals surface area contributed by atoms with Crippen LogP contribution in [0.1, 0.15) is 37.3 Å². The number of nitrogen functional groups attached to an aromatic ring is 1. The third kappa shape index (κ3) is 4.53. The second kappa shape index (κ2) is 9.97. The number of nitrogens with two attached hydrogens (primary N) is 1. The highest BCUT2D eigenvalue weighted by atomic mass is 19.1. The van der Waals surface area contributed by atoms with Gasteiger partial charge in [-0.15, -0.1) is 0 Å². The fourth-order valence-electron chi connectivity index (χ4n) is 5.12. The average molecular weight is 518 g/mol. The molecule has 1 aliphatic carbocycles. The van der Waals surface area contributed by atoms with Crippen molar-refractivity contribution in [1.29, 1.82) is 0 Å². The van der Waals surface area contributed by atoms with E-state index in [2.05, 4.69) is 30.7 Å². The molecule has 0 atom stereocenters. The summed E-state index contributed by atoms with van der Waals surface area (Å²) in [5, 5.41) is 6.95. The summed E-state index contributed by atoms with van der Waals surface area (Å²) in [6, 6.07) is 11.8. The van der Waals surface area contributed by atoms with Crippen LogP contribution in [0.5, 0.6) is 0 Å². The predicted octanol–water partition coefficient (Wildman–Crippen LogP) is 7.71. The fourth-order valence-corrected chi connectivity index (χ4v) is 5.12. The van der Waals surface area contributed by atoms with E-state index in [4.69, 9.17) is 10.2 Å². The van der Waals surface area contributed by atoms with Gasteiger partial charge in [-0.3, -0.25) is 0 Å². The first-order chi connectivity index (χ1) is 18.2. The Kier molecular flexibility index (Phi) is 6.69. The summed E-state index contributed by atoms with van der Waals surface area (Å²) >= 11 is 0. The molecule has 0 aliphatic heterocycles. The van der Waals surface area contributed by atoms with Gasteiger partial charge >= 0.3 is 0 Å². The highest BCUT2D eigenvalue weighted by Crippen LogP contribution is 2.42. The van der Waals surface area contributed by atoms with Crippen LogP contribution in [0.2, 0.25) is 0 Å². The molecule has 3 aromatic carbocycles. The van der Waals surface area contributed by atoms with Crippen molar-refractivity contribution >= 4 is 28.1 Å². The van der Waals surface area contributed by atoms with Crippen molar-refractivity contribution in [2.45, 2.75) is 32.2 Å². The number of furan rings is 1. The maximum Gasteiger partial charge on any atom is 0.144 e. The SMILES string of the molecule is C=C(NC1CC(CC)C1)c1cc(-c2cc3c(C(=C)NC)c(-c4ccc(F)cc4)oc3cc2N)c(F)cc1F. The van der Waals surface area contributed by atoms with Crippen LogP contribution in [0.4, 0.5) is 18.9 Å². The summed E-state index contributed by atoms with van der Waals surface area (Å²) < 4.78 is 49.8. The maximum atomic E-state index is 15.2. The van der Waals surface area contributed by atoms with Gasteiger partial charge in [-0.2, -0.15) is 0 Å². The van der Waals surface area contributed by atoms with Crippen molar-refractivity contribution in [3.8, 4) is 22.5 Å². The summed E-state index contributed by atoms with van der Waals surface area (Å²) in [5.74, 6) is -0.667. The Morgan fingerprint density at radius 1 is 0.974 bits per heavy atom. The van der Waals surface area contributed by atoms with Crippen LogP contribution < -0.4 is 16.4 Å². The molecule has 196 valence electrons. The lowest BCUT2D eigenvalue weighted by molar-refractivity contribution is 0.236. The van der Waals surface area contributed by atoms with E-state index in [1.54, 1.807) is 31.3 Å². The minimum absolute atomic E-state index is 0.148. The number of nitrogens with one attached hydrogen (secondary N) is 2. The third-order valence-corrected chi connectivity index (χ3v) is 7.43. The Bertz CT molecular complexity index is 1550. The normalized spacial score (nSPS) is 16.8. The van der Waals surface area contributed by atoms with Crippen LogP contribution in [-0.4, -0.2) is 13.1 Å². The van der Waals surface area contributed by atoms with Gasteiger partial charge in [-0.05, 0) is 55.2 Å². The summed E-state index contributed by atoms with van der Waals surface area (Å²) in [6.07, 6.45) is 3.12. The van der Waals surface area contributed by atoms with E-state index in [1.165, 1.54) is 18.2 Å². The Labute approximate surface area is 220 Å². The Hall–Kier alpha value is -4.13. The van der Waals surface area contributed by atoms with E-state index in [1.807, 2.05) is 0 Å². The first-order valence-corrected chi connectivity index (χ1v) is 12.6. The first kappa shape index (κ1) is 25.5. The number of fused-ring (bicyclic) bond motifs is 1. The van der Waals surface area contributed by atoms with Crippen LogP contribution in [0.15, 0.2) is 66.1 Å². The van der Waals surface area contributed by atoms with Crippen molar-refractivity contribution in [2.75, 3.05) is 12.8 Å². The highest BCUT2D eigenvalue weighted by Gasteiger charge is 2.28. The lowest BCUT2D eigenvalue weighted by atomic mass is 9.78. The lowest BCUT2D eigenvalue weighted by Gasteiger charge is -2.36. The minimum Gasteiger partial charge on any atom is -0.455 e.